The highest BCUT2D eigenvalue weighted by molar-refractivity contribution is 7.99. The Kier molecular flexibility index (Phi) is 3.66. The molecule has 3 rings (SSSR count). The van der Waals surface area contributed by atoms with E-state index in [0.29, 0.717) is 6.04 Å². The topological polar surface area (TPSA) is 51.0 Å². The Balaban J connectivity index is 1.52. The van der Waals surface area contributed by atoms with Crippen LogP contribution in [0.25, 0.3) is 0 Å². The summed E-state index contributed by atoms with van der Waals surface area (Å²) in [7, 11) is 0. The van der Waals surface area contributed by atoms with Gasteiger partial charge in [-0.05, 0) is 32.2 Å². The third-order valence-electron chi connectivity index (χ3n) is 3.59. The van der Waals surface area contributed by atoms with E-state index in [1.165, 1.54) is 32.1 Å². The minimum atomic E-state index is 0.299. The van der Waals surface area contributed by atoms with Crippen LogP contribution < -0.4 is 5.32 Å². The molecule has 2 fully saturated rings. The van der Waals surface area contributed by atoms with Gasteiger partial charge in [0, 0.05) is 5.25 Å². The largest absolute Gasteiger partial charge is 0.338 e. The molecule has 1 saturated carbocycles. The molecule has 0 aromatic carbocycles. The van der Waals surface area contributed by atoms with Crippen molar-refractivity contribution in [2.45, 2.75) is 55.6 Å². The fourth-order valence-corrected chi connectivity index (χ4v) is 3.78. The van der Waals surface area contributed by atoms with Crippen molar-refractivity contribution in [3.63, 3.8) is 0 Å². The SMILES string of the molecule is C1CCC(SCc2noc([C@H]3CCCN3)n2)C1. The molecule has 1 aliphatic carbocycles. The molecule has 1 aromatic heterocycles. The Morgan fingerprint density at radius 2 is 2.12 bits per heavy atom. The quantitative estimate of drug-likeness (QED) is 0.894. The summed E-state index contributed by atoms with van der Waals surface area (Å²) in [5, 5.41) is 8.28. The zero-order valence-corrected chi connectivity index (χ0v) is 10.8. The third-order valence-corrected chi connectivity index (χ3v) is 4.96. The van der Waals surface area contributed by atoms with E-state index in [1.54, 1.807) is 0 Å². The molecule has 2 heterocycles. The Bertz CT molecular complexity index is 356. The molecule has 2 aliphatic rings. The summed E-state index contributed by atoms with van der Waals surface area (Å²) in [6.45, 7) is 1.07. The maximum atomic E-state index is 5.33. The number of hydrogen-bond acceptors (Lipinski definition) is 5. The number of rotatable bonds is 4. The lowest BCUT2D eigenvalue weighted by atomic mass is 10.2. The zero-order valence-electron chi connectivity index (χ0n) is 10.0. The monoisotopic (exact) mass is 253 g/mol. The fraction of sp³-hybridized carbons (Fsp3) is 0.833. The van der Waals surface area contributed by atoms with Crippen LogP contribution in [0.5, 0.6) is 0 Å². The van der Waals surface area contributed by atoms with E-state index < -0.39 is 0 Å². The van der Waals surface area contributed by atoms with Gasteiger partial charge in [-0.15, -0.1) is 0 Å². The van der Waals surface area contributed by atoms with Crippen LogP contribution in [0.15, 0.2) is 4.52 Å². The normalized spacial score (nSPS) is 25.8. The first-order valence-electron chi connectivity index (χ1n) is 6.59. The van der Waals surface area contributed by atoms with E-state index in [-0.39, 0.29) is 0 Å². The van der Waals surface area contributed by atoms with Crippen LogP contribution >= 0.6 is 11.8 Å². The van der Waals surface area contributed by atoms with E-state index in [2.05, 4.69) is 15.5 Å². The summed E-state index contributed by atoms with van der Waals surface area (Å²) in [5.74, 6) is 2.55. The predicted molar refractivity (Wildman–Crippen MR) is 67.8 cm³/mol. The molecule has 1 saturated heterocycles. The van der Waals surface area contributed by atoms with E-state index in [9.17, 15) is 0 Å². The molecule has 1 aliphatic heterocycles. The fourth-order valence-electron chi connectivity index (χ4n) is 2.61. The summed E-state index contributed by atoms with van der Waals surface area (Å²) in [6, 6.07) is 0.299. The van der Waals surface area contributed by atoms with Crippen molar-refractivity contribution >= 4 is 11.8 Å². The summed E-state index contributed by atoms with van der Waals surface area (Å²) in [4.78, 5) is 4.49. The number of hydrogen-bond donors (Lipinski definition) is 1. The second-order valence-electron chi connectivity index (χ2n) is 4.92. The number of nitrogens with one attached hydrogen (secondary N) is 1. The average Bonchev–Trinajstić information content (AvgIpc) is 3.09. The van der Waals surface area contributed by atoms with Gasteiger partial charge in [-0.25, -0.2) is 0 Å². The molecule has 4 nitrogen and oxygen atoms in total. The molecule has 0 bridgehead atoms. The van der Waals surface area contributed by atoms with E-state index in [1.807, 2.05) is 11.8 Å². The van der Waals surface area contributed by atoms with Crippen LogP contribution in [0.1, 0.15) is 56.3 Å². The number of thioether (sulfide) groups is 1. The third kappa shape index (κ3) is 2.83. The van der Waals surface area contributed by atoms with Gasteiger partial charge < -0.3 is 9.84 Å². The molecule has 1 aromatic rings. The lowest BCUT2D eigenvalue weighted by Gasteiger charge is -2.05. The lowest BCUT2D eigenvalue weighted by Crippen LogP contribution is -2.13. The molecule has 0 amide bonds. The van der Waals surface area contributed by atoms with Crippen molar-refractivity contribution < 1.29 is 4.52 Å². The van der Waals surface area contributed by atoms with Crippen LogP contribution in [0.4, 0.5) is 0 Å². The van der Waals surface area contributed by atoms with Gasteiger partial charge in [-0.1, -0.05) is 18.0 Å². The lowest BCUT2D eigenvalue weighted by molar-refractivity contribution is 0.342. The van der Waals surface area contributed by atoms with Gasteiger partial charge in [0.2, 0.25) is 5.89 Å². The molecule has 1 atom stereocenters. The van der Waals surface area contributed by atoms with Gasteiger partial charge >= 0.3 is 0 Å². The van der Waals surface area contributed by atoms with Gasteiger partial charge in [0.25, 0.3) is 0 Å². The first kappa shape index (κ1) is 11.5. The molecule has 0 unspecified atom stereocenters. The Morgan fingerprint density at radius 1 is 1.24 bits per heavy atom. The van der Waals surface area contributed by atoms with Crippen molar-refractivity contribution in [2.75, 3.05) is 6.54 Å². The van der Waals surface area contributed by atoms with Gasteiger partial charge in [0.15, 0.2) is 5.82 Å². The maximum absolute atomic E-state index is 5.33. The highest BCUT2D eigenvalue weighted by Gasteiger charge is 2.23. The summed E-state index contributed by atoms with van der Waals surface area (Å²) >= 11 is 1.99. The van der Waals surface area contributed by atoms with Crippen LogP contribution in [-0.4, -0.2) is 21.9 Å². The molecule has 5 heteroatoms. The van der Waals surface area contributed by atoms with Crippen LogP contribution in [0.2, 0.25) is 0 Å². The maximum Gasteiger partial charge on any atom is 0.243 e. The van der Waals surface area contributed by atoms with Crippen molar-refractivity contribution in [1.82, 2.24) is 15.5 Å². The predicted octanol–water partition coefficient (Wildman–Crippen LogP) is 2.67. The average molecular weight is 253 g/mol. The molecular formula is C12H19N3OS. The Labute approximate surface area is 106 Å². The zero-order chi connectivity index (χ0) is 11.5. The highest BCUT2D eigenvalue weighted by Crippen LogP contribution is 2.31. The first-order chi connectivity index (χ1) is 8.42. The smallest absolute Gasteiger partial charge is 0.243 e. The second-order valence-corrected chi connectivity index (χ2v) is 6.20. The van der Waals surface area contributed by atoms with Crippen LogP contribution in [0.3, 0.4) is 0 Å². The minimum absolute atomic E-state index is 0.299. The summed E-state index contributed by atoms with van der Waals surface area (Å²) in [5.41, 5.74) is 0. The van der Waals surface area contributed by atoms with Gasteiger partial charge in [0.05, 0.1) is 11.8 Å². The highest BCUT2D eigenvalue weighted by atomic mass is 32.2. The summed E-state index contributed by atoms with van der Waals surface area (Å²) < 4.78 is 5.33. The van der Waals surface area contributed by atoms with Crippen molar-refractivity contribution in [2.24, 2.45) is 0 Å². The molecule has 17 heavy (non-hydrogen) atoms. The van der Waals surface area contributed by atoms with Crippen LogP contribution in [0, 0.1) is 0 Å². The standard InChI is InChI=1S/C12H19N3OS/c1-2-5-9(4-1)17-8-11-14-12(16-15-11)10-6-3-7-13-10/h9-10,13H,1-8H2/t10-/m1/s1. The number of nitrogens with zero attached hydrogens (tertiary/aromatic N) is 2. The molecule has 0 radical (unpaired) electrons. The van der Waals surface area contributed by atoms with E-state index >= 15 is 0 Å². The Morgan fingerprint density at radius 3 is 2.88 bits per heavy atom. The second kappa shape index (κ2) is 5.40. The van der Waals surface area contributed by atoms with Crippen molar-refractivity contribution in [3.05, 3.63) is 11.7 Å². The van der Waals surface area contributed by atoms with Gasteiger partial charge in [-0.2, -0.15) is 16.7 Å². The molecular weight excluding hydrogens is 234 g/mol. The van der Waals surface area contributed by atoms with Crippen LogP contribution in [-0.2, 0) is 5.75 Å². The van der Waals surface area contributed by atoms with Gasteiger partial charge in [-0.3, -0.25) is 0 Å². The molecule has 0 spiro atoms. The first-order valence-corrected chi connectivity index (χ1v) is 7.64. The van der Waals surface area contributed by atoms with Crippen molar-refractivity contribution in [3.8, 4) is 0 Å². The van der Waals surface area contributed by atoms with Gasteiger partial charge in [0.1, 0.15) is 0 Å². The molecule has 1 N–H and O–H groups in total. The number of aromatic nitrogens is 2. The van der Waals surface area contributed by atoms with E-state index in [0.717, 1.165) is 35.7 Å². The van der Waals surface area contributed by atoms with Crippen molar-refractivity contribution in [1.29, 1.82) is 0 Å². The van der Waals surface area contributed by atoms with E-state index in [4.69, 9.17) is 4.52 Å². The molecule has 94 valence electrons. The summed E-state index contributed by atoms with van der Waals surface area (Å²) in [6.07, 6.45) is 7.83. The Hall–Kier alpha value is -0.550. The minimum Gasteiger partial charge on any atom is -0.338 e.